The number of rotatable bonds is 12. The molecule has 0 aromatic heterocycles. The molecule has 0 amide bonds. The Balaban J connectivity index is 0.941. The van der Waals surface area contributed by atoms with Gasteiger partial charge in [0.25, 0.3) is 0 Å². The van der Waals surface area contributed by atoms with E-state index in [-0.39, 0.29) is 5.92 Å². The van der Waals surface area contributed by atoms with Gasteiger partial charge >= 0.3 is 0 Å². The third-order valence-corrected chi connectivity index (χ3v) is 20.9. The lowest BCUT2D eigenvalue weighted by Crippen LogP contribution is -2.30. The second-order valence-corrected chi connectivity index (χ2v) is 26.2. The van der Waals surface area contributed by atoms with Crippen LogP contribution in [0.4, 0.5) is 51.2 Å². The summed E-state index contributed by atoms with van der Waals surface area (Å²) in [7, 11) is 0. The highest BCUT2D eigenvalue weighted by molar-refractivity contribution is 6.01. The molecule has 3 atom stereocenters. The van der Waals surface area contributed by atoms with E-state index >= 15 is 0 Å². The Hall–Kier alpha value is -11.2. The molecule has 0 saturated heterocycles. The summed E-state index contributed by atoms with van der Waals surface area (Å²) in [6.45, 7) is 5.51. The Bertz CT molecular complexity index is 5170. The quantitative estimate of drug-likeness (QED) is 0.121. The third kappa shape index (κ3) is 10.1. The second-order valence-electron chi connectivity index (χ2n) is 26.2. The zero-order valence-corrected chi connectivity index (χ0v) is 53.9. The highest BCUT2D eigenvalue weighted by atomic mass is 15.2. The molecule has 0 radical (unpaired) electrons. The maximum absolute atomic E-state index is 2.64. The van der Waals surface area contributed by atoms with Gasteiger partial charge in [0.1, 0.15) is 0 Å². The molecule has 17 rings (SSSR count). The highest BCUT2D eigenvalue weighted by Crippen LogP contribution is 2.58. The monoisotopic (exact) mass is 1220 g/mol. The van der Waals surface area contributed by atoms with Gasteiger partial charge in [-0.3, -0.25) is 0 Å². The molecule has 1 heterocycles. The van der Waals surface area contributed by atoms with E-state index in [0.717, 1.165) is 67.0 Å². The van der Waals surface area contributed by atoms with Crippen LogP contribution in [0.1, 0.15) is 62.6 Å². The van der Waals surface area contributed by atoms with Gasteiger partial charge in [0.2, 0.25) is 0 Å². The number of nitrogens with zero attached hydrogens (tertiary/aromatic N) is 4. The molecule has 0 N–H and O–H groups in total. The first-order chi connectivity index (χ1) is 47.0. The van der Waals surface area contributed by atoms with Gasteiger partial charge in [0.05, 0.1) is 11.4 Å². The number of fused-ring (bicyclic) bond motifs is 11. The van der Waals surface area contributed by atoms with Crippen LogP contribution in [0.5, 0.6) is 0 Å². The van der Waals surface area contributed by atoms with Crippen molar-refractivity contribution >= 4 is 89.1 Å². The van der Waals surface area contributed by atoms with E-state index < -0.39 is 5.41 Å². The van der Waals surface area contributed by atoms with Crippen LogP contribution >= 0.6 is 0 Å². The van der Waals surface area contributed by atoms with Crippen LogP contribution in [-0.2, 0) is 5.41 Å². The van der Waals surface area contributed by atoms with E-state index in [4.69, 9.17) is 0 Å². The number of anilines is 9. The molecule has 12 aromatic rings. The summed E-state index contributed by atoms with van der Waals surface area (Å²) < 4.78 is 0. The van der Waals surface area contributed by atoms with Crippen molar-refractivity contribution in [3.8, 4) is 11.1 Å². The minimum Gasteiger partial charge on any atom is -0.341 e. The Morgan fingerprint density at radius 3 is 1.78 bits per heavy atom. The predicted octanol–water partition coefficient (Wildman–Crippen LogP) is 24.5. The van der Waals surface area contributed by atoms with E-state index in [1.54, 1.807) is 0 Å². The summed E-state index contributed by atoms with van der Waals surface area (Å²) >= 11 is 0. The van der Waals surface area contributed by atoms with Gasteiger partial charge in [-0.25, -0.2) is 0 Å². The standard InChI is InChI=1S/C91H74N4/c1-3-24-81-82-56-54-75-62-86(82)91(2,84(81)57-58-92(70-33-7-4-8-34-70)87-43-20-28-63-25-13-16-40-78(63)87)85-61-76(53-55-77(85)67-49-51-73(52-50-67)93(71-35-9-5-10-36-71)88-44-21-29-64-26-14-17-41-79(64)88)95(89-45-22-30-65-27-15-18-42-80(65)89)74-39-19-32-68(59-74)69-48-47-66-31-23-46-90(83(66)60-69)94(75)72-37-11-6-12-38-72/h3-22,24-45,47-56,61-62,68-69H,23,46,57-60H2,1-2H3/b24-3-. The Kier molecular flexibility index (Phi) is 14.8. The average Bonchev–Trinajstić information content (AvgIpc) is 1.58. The maximum Gasteiger partial charge on any atom is 0.0540 e. The first kappa shape index (κ1) is 57.7. The zero-order valence-electron chi connectivity index (χ0n) is 53.9. The summed E-state index contributed by atoms with van der Waals surface area (Å²) in [4.78, 5) is 10.3. The van der Waals surface area contributed by atoms with Crippen LogP contribution in [0.15, 0.2) is 356 Å². The van der Waals surface area contributed by atoms with E-state index in [1.165, 1.54) is 117 Å². The zero-order chi connectivity index (χ0) is 63.4. The highest BCUT2D eigenvalue weighted by Gasteiger charge is 2.45. The number of hydrogen-bond acceptors (Lipinski definition) is 4. The van der Waals surface area contributed by atoms with Crippen molar-refractivity contribution < 1.29 is 0 Å². The average molecular weight is 1220 g/mol. The van der Waals surface area contributed by atoms with E-state index in [1.807, 2.05) is 0 Å². The van der Waals surface area contributed by atoms with Crippen LogP contribution in [0, 0.1) is 11.8 Å². The molecule has 0 fully saturated rings. The maximum atomic E-state index is 2.64. The van der Waals surface area contributed by atoms with E-state index in [9.17, 15) is 0 Å². The van der Waals surface area contributed by atoms with Crippen LogP contribution < -0.4 is 19.6 Å². The summed E-state index contributed by atoms with van der Waals surface area (Å²) in [6, 6.07) is 105. The topological polar surface area (TPSA) is 13.0 Å². The molecule has 5 aliphatic rings. The SMILES string of the molecule is C/C=C\C1=C(CCN(c2ccccc2)c2cccc3ccccc23)C2(C)c3cc(ccc31)N(c1ccccc1)C1=C3CC(C=CC3=CCC1)C1C=CC=C(C1)N(c1cccc3ccccc13)c1ccc(-c3ccc(N(c4ccccc4)c4cccc5ccccc45)cc3)c2c1. The predicted molar refractivity (Wildman–Crippen MR) is 402 cm³/mol. The van der Waals surface area contributed by atoms with Crippen molar-refractivity contribution in [3.05, 3.63) is 372 Å². The molecular weight excluding hydrogens is 1150 g/mol. The molecule has 0 spiro atoms. The van der Waals surface area contributed by atoms with Crippen molar-refractivity contribution in [1.82, 2.24) is 0 Å². The van der Waals surface area contributed by atoms with Crippen molar-refractivity contribution in [3.63, 3.8) is 0 Å². The van der Waals surface area contributed by atoms with Gasteiger partial charge in [-0.2, -0.15) is 0 Å². The van der Waals surface area contributed by atoms with Crippen LogP contribution in [0.25, 0.3) is 49.0 Å². The van der Waals surface area contributed by atoms with Crippen molar-refractivity contribution in [1.29, 1.82) is 0 Å². The normalized spacial score (nSPS) is 18.0. The fourth-order valence-electron chi connectivity index (χ4n) is 16.5. The van der Waals surface area contributed by atoms with Crippen molar-refractivity contribution in [2.24, 2.45) is 11.8 Å². The number of hydrogen-bond donors (Lipinski definition) is 0. The van der Waals surface area contributed by atoms with Crippen molar-refractivity contribution in [2.45, 2.75) is 51.4 Å². The lowest BCUT2D eigenvalue weighted by atomic mass is 9.69. The fourth-order valence-corrected chi connectivity index (χ4v) is 16.5. The molecule has 1 aliphatic heterocycles. The first-order valence-electron chi connectivity index (χ1n) is 34.0. The molecule has 4 aliphatic carbocycles. The van der Waals surface area contributed by atoms with Gasteiger partial charge in [0, 0.05) is 79.3 Å². The Morgan fingerprint density at radius 2 is 1.06 bits per heavy atom. The summed E-state index contributed by atoms with van der Waals surface area (Å²) in [6.07, 6.45) is 24.0. The van der Waals surface area contributed by atoms with Crippen molar-refractivity contribution in [2.75, 3.05) is 26.1 Å². The van der Waals surface area contributed by atoms with Crippen LogP contribution in [0.2, 0.25) is 0 Å². The van der Waals surface area contributed by atoms with E-state index in [2.05, 4.69) is 361 Å². The number of allylic oxidation sites excluding steroid dienone is 13. The molecule has 12 aromatic carbocycles. The molecule has 4 heteroatoms. The molecule has 3 unspecified atom stereocenters. The number of benzene rings is 12. The van der Waals surface area contributed by atoms with Crippen LogP contribution in [-0.4, -0.2) is 6.54 Å². The summed E-state index contributed by atoms with van der Waals surface area (Å²) in [5, 5.41) is 7.33. The van der Waals surface area contributed by atoms with Crippen LogP contribution in [0.3, 0.4) is 0 Å². The van der Waals surface area contributed by atoms with Gasteiger partial charge in [0.15, 0.2) is 0 Å². The largest absolute Gasteiger partial charge is 0.341 e. The molecule has 4 nitrogen and oxygen atoms in total. The van der Waals surface area contributed by atoms with Gasteiger partial charge in [-0.1, -0.05) is 231 Å². The Labute approximate surface area is 558 Å². The first-order valence-corrected chi connectivity index (χ1v) is 34.0. The lowest BCUT2D eigenvalue weighted by molar-refractivity contribution is 0.454. The fraction of sp³-hybridized carbons (Fsp3) is 0.121. The molecule has 95 heavy (non-hydrogen) atoms. The van der Waals surface area contributed by atoms with Gasteiger partial charge < -0.3 is 19.6 Å². The third-order valence-electron chi connectivity index (χ3n) is 20.9. The van der Waals surface area contributed by atoms with Gasteiger partial charge in [-0.15, -0.1) is 0 Å². The Morgan fingerprint density at radius 1 is 0.495 bits per heavy atom. The minimum absolute atomic E-state index is 0.270. The van der Waals surface area contributed by atoms with E-state index in [0.29, 0.717) is 5.92 Å². The second kappa shape index (κ2) is 24.4. The number of para-hydroxylation sites is 3. The molecule has 8 bridgehead atoms. The van der Waals surface area contributed by atoms with Gasteiger partial charge in [-0.05, 0) is 221 Å². The molecule has 458 valence electrons. The molecular formula is C91H74N4. The minimum atomic E-state index is -0.703. The summed E-state index contributed by atoms with van der Waals surface area (Å²) in [5.74, 6) is 0.572. The molecule has 0 saturated carbocycles. The lowest BCUT2D eigenvalue weighted by Gasteiger charge is -2.40. The summed E-state index contributed by atoms with van der Waals surface area (Å²) in [5.41, 5.74) is 24.1. The smallest absolute Gasteiger partial charge is 0.0540 e.